The Morgan fingerprint density at radius 2 is 1.88 bits per heavy atom. The van der Waals surface area contributed by atoms with Crippen molar-refractivity contribution in [3.8, 4) is 5.75 Å². The number of aliphatic hydroxyl groups excluding tert-OH is 1. The van der Waals surface area contributed by atoms with E-state index in [0.717, 1.165) is 6.42 Å². The number of rotatable bonds is 7. The molecule has 4 heteroatoms. The first-order valence-corrected chi connectivity index (χ1v) is 8.09. The van der Waals surface area contributed by atoms with Crippen LogP contribution < -0.4 is 10.1 Å². The van der Waals surface area contributed by atoms with E-state index < -0.39 is 0 Å². The summed E-state index contributed by atoms with van der Waals surface area (Å²) >= 11 is 0. The summed E-state index contributed by atoms with van der Waals surface area (Å²) in [7, 11) is 1.55. The molecule has 0 spiro atoms. The third kappa shape index (κ3) is 4.59. The molecule has 0 heterocycles. The lowest BCUT2D eigenvalue weighted by Gasteiger charge is -2.25. The van der Waals surface area contributed by atoms with Crippen molar-refractivity contribution in [2.45, 2.75) is 38.7 Å². The number of hydrogen-bond donors (Lipinski definition) is 2. The van der Waals surface area contributed by atoms with Crippen LogP contribution >= 0.6 is 0 Å². The maximum Gasteiger partial charge on any atom is 0.224 e. The number of aliphatic hydroxyl groups is 1. The highest BCUT2D eigenvalue weighted by atomic mass is 16.5. The van der Waals surface area contributed by atoms with Gasteiger partial charge in [-0.05, 0) is 35.6 Å². The van der Waals surface area contributed by atoms with Crippen LogP contribution in [0.1, 0.15) is 37.8 Å². The van der Waals surface area contributed by atoms with Crippen molar-refractivity contribution >= 4 is 11.6 Å². The van der Waals surface area contributed by atoms with Gasteiger partial charge in [-0.25, -0.2) is 0 Å². The standard InChI is InChI=1S/C20H25NO3/c1-20(2,16-7-5-4-6-8-16)12-11-19(23)21-17-9-10-18(24-3)15(13-17)14-22/h4-10,13,22H,11-12,14H2,1-3H3,(H,21,23). The van der Waals surface area contributed by atoms with Gasteiger partial charge < -0.3 is 15.2 Å². The Morgan fingerprint density at radius 3 is 2.50 bits per heavy atom. The molecule has 0 aliphatic rings. The van der Waals surface area contributed by atoms with Gasteiger partial charge in [-0.1, -0.05) is 44.2 Å². The summed E-state index contributed by atoms with van der Waals surface area (Å²) in [6, 6.07) is 15.5. The fraction of sp³-hybridized carbons (Fsp3) is 0.350. The lowest BCUT2D eigenvalue weighted by molar-refractivity contribution is -0.116. The molecule has 0 aliphatic heterocycles. The minimum atomic E-state index is -0.131. The molecule has 4 nitrogen and oxygen atoms in total. The molecule has 2 rings (SSSR count). The van der Waals surface area contributed by atoms with Gasteiger partial charge in [0.25, 0.3) is 0 Å². The maximum atomic E-state index is 12.2. The van der Waals surface area contributed by atoms with Crippen molar-refractivity contribution in [2.24, 2.45) is 0 Å². The van der Waals surface area contributed by atoms with Crippen LogP contribution in [0.5, 0.6) is 5.75 Å². The molecule has 0 aromatic heterocycles. The Hall–Kier alpha value is -2.33. The van der Waals surface area contributed by atoms with Gasteiger partial charge in [-0.15, -0.1) is 0 Å². The van der Waals surface area contributed by atoms with Gasteiger partial charge in [0.1, 0.15) is 5.75 Å². The molecule has 0 bridgehead atoms. The summed E-state index contributed by atoms with van der Waals surface area (Å²) in [5.41, 5.74) is 2.49. The fourth-order valence-electron chi connectivity index (χ4n) is 2.66. The van der Waals surface area contributed by atoms with Crippen LogP contribution in [0.4, 0.5) is 5.69 Å². The summed E-state index contributed by atoms with van der Waals surface area (Å²) in [6.45, 7) is 4.16. The third-order valence-electron chi connectivity index (χ3n) is 4.27. The molecule has 2 aromatic carbocycles. The van der Waals surface area contributed by atoms with Crippen LogP contribution in [0.15, 0.2) is 48.5 Å². The number of anilines is 1. The predicted octanol–water partition coefficient (Wildman–Crippen LogP) is 3.88. The Bertz CT molecular complexity index is 681. The fourth-order valence-corrected chi connectivity index (χ4v) is 2.66. The van der Waals surface area contributed by atoms with Gasteiger partial charge in [0.2, 0.25) is 5.91 Å². The predicted molar refractivity (Wildman–Crippen MR) is 96.2 cm³/mol. The normalized spacial score (nSPS) is 11.2. The van der Waals surface area contributed by atoms with Crippen molar-refractivity contribution in [1.29, 1.82) is 0 Å². The van der Waals surface area contributed by atoms with Crippen LogP contribution in [-0.4, -0.2) is 18.1 Å². The van der Waals surface area contributed by atoms with Gasteiger partial charge in [-0.2, -0.15) is 0 Å². The van der Waals surface area contributed by atoms with E-state index >= 15 is 0 Å². The SMILES string of the molecule is COc1ccc(NC(=O)CCC(C)(C)c2ccccc2)cc1CO. The van der Waals surface area contributed by atoms with E-state index in [4.69, 9.17) is 4.74 Å². The number of hydrogen-bond acceptors (Lipinski definition) is 3. The zero-order valence-corrected chi connectivity index (χ0v) is 14.5. The molecule has 2 aromatic rings. The van der Waals surface area contributed by atoms with Gasteiger partial charge in [0, 0.05) is 17.7 Å². The molecular weight excluding hydrogens is 302 g/mol. The smallest absolute Gasteiger partial charge is 0.224 e. The van der Waals surface area contributed by atoms with E-state index in [0.29, 0.717) is 23.4 Å². The van der Waals surface area contributed by atoms with Gasteiger partial charge in [-0.3, -0.25) is 4.79 Å². The van der Waals surface area contributed by atoms with Crippen LogP contribution in [0, 0.1) is 0 Å². The molecule has 0 saturated heterocycles. The summed E-state index contributed by atoms with van der Waals surface area (Å²) in [6.07, 6.45) is 1.19. The molecule has 1 amide bonds. The van der Waals surface area contributed by atoms with Gasteiger partial charge >= 0.3 is 0 Å². The number of carbonyl (C=O) groups is 1. The minimum absolute atomic E-state index is 0.0342. The van der Waals surface area contributed by atoms with E-state index in [9.17, 15) is 9.90 Å². The average Bonchev–Trinajstić information content (AvgIpc) is 2.60. The molecular formula is C20H25NO3. The van der Waals surface area contributed by atoms with E-state index in [1.54, 1.807) is 25.3 Å². The number of methoxy groups -OCH3 is 1. The minimum Gasteiger partial charge on any atom is -0.496 e. The zero-order chi connectivity index (χ0) is 17.6. The van der Waals surface area contributed by atoms with Gasteiger partial charge in [0.15, 0.2) is 0 Å². The van der Waals surface area contributed by atoms with E-state index in [1.165, 1.54) is 5.56 Å². The van der Waals surface area contributed by atoms with Crippen molar-refractivity contribution in [2.75, 3.05) is 12.4 Å². The summed E-state index contributed by atoms with van der Waals surface area (Å²) in [5.74, 6) is 0.578. The Kier molecular flexibility index (Phi) is 5.99. The Labute approximate surface area is 143 Å². The first-order chi connectivity index (χ1) is 11.5. The summed E-state index contributed by atoms with van der Waals surface area (Å²) < 4.78 is 5.16. The molecule has 0 aliphatic carbocycles. The van der Waals surface area contributed by atoms with Crippen molar-refractivity contribution < 1.29 is 14.6 Å². The van der Waals surface area contributed by atoms with Crippen LogP contribution in [-0.2, 0) is 16.8 Å². The van der Waals surface area contributed by atoms with Crippen LogP contribution in [0.25, 0.3) is 0 Å². The van der Waals surface area contributed by atoms with Gasteiger partial charge in [0.05, 0.1) is 13.7 Å². The first kappa shape index (κ1) is 18.0. The number of amides is 1. The number of benzene rings is 2. The quantitative estimate of drug-likeness (QED) is 0.811. The first-order valence-electron chi connectivity index (χ1n) is 8.09. The third-order valence-corrected chi connectivity index (χ3v) is 4.27. The topological polar surface area (TPSA) is 58.6 Å². The van der Waals surface area contributed by atoms with E-state index in [1.807, 2.05) is 18.2 Å². The highest BCUT2D eigenvalue weighted by molar-refractivity contribution is 5.91. The highest BCUT2D eigenvalue weighted by Gasteiger charge is 2.21. The maximum absolute atomic E-state index is 12.2. The number of nitrogens with one attached hydrogen (secondary N) is 1. The molecule has 0 radical (unpaired) electrons. The molecule has 24 heavy (non-hydrogen) atoms. The zero-order valence-electron chi connectivity index (χ0n) is 14.5. The second-order valence-electron chi connectivity index (χ2n) is 6.48. The van der Waals surface area contributed by atoms with Crippen LogP contribution in [0.3, 0.4) is 0 Å². The molecule has 2 N–H and O–H groups in total. The molecule has 0 fully saturated rings. The lowest BCUT2D eigenvalue weighted by atomic mass is 9.80. The summed E-state index contributed by atoms with van der Waals surface area (Å²) in [4.78, 5) is 12.2. The monoisotopic (exact) mass is 327 g/mol. The van der Waals surface area contributed by atoms with Crippen molar-refractivity contribution in [3.63, 3.8) is 0 Å². The molecule has 128 valence electrons. The summed E-state index contributed by atoms with van der Waals surface area (Å²) in [5, 5.41) is 12.2. The van der Waals surface area contributed by atoms with E-state index in [-0.39, 0.29) is 17.9 Å². The van der Waals surface area contributed by atoms with Crippen LogP contribution in [0.2, 0.25) is 0 Å². The van der Waals surface area contributed by atoms with E-state index in [2.05, 4.69) is 31.3 Å². The molecule has 0 saturated carbocycles. The highest BCUT2D eigenvalue weighted by Crippen LogP contribution is 2.28. The van der Waals surface area contributed by atoms with Crippen molar-refractivity contribution in [3.05, 3.63) is 59.7 Å². The largest absolute Gasteiger partial charge is 0.496 e. The lowest BCUT2D eigenvalue weighted by Crippen LogP contribution is -2.21. The molecule has 0 unspecified atom stereocenters. The average molecular weight is 327 g/mol. The Balaban J connectivity index is 1.96. The number of carbonyl (C=O) groups excluding carboxylic acids is 1. The Morgan fingerprint density at radius 1 is 1.17 bits per heavy atom. The number of ether oxygens (including phenoxy) is 1. The van der Waals surface area contributed by atoms with Crippen molar-refractivity contribution in [1.82, 2.24) is 0 Å². The second-order valence-corrected chi connectivity index (χ2v) is 6.48. The second kappa shape index (κ2) is 7.97. The molecule has 0 atom stereocenters.